The number of aryl methyl sites for hydroxylation is 1. The molecule has 0 saturated carbocycles. The number of rotatable bonds is 6. The van der Waals surface area contributed by atoms with Gasteiger partial charge in [0.05, 0.1) is 5.69 Å². The molecule has 4 aromatic rings. The van der Waals surface area contributed by atoms with Crippen molar-refractivity contribution < 1.29 is 4.74 Å². The molecule has 0 unspecified atom stereocenters. The zero-order valence-electron chi connectivity index (χ0n) is 16.2. The van der Waals surface area contributed by atoms with E-state index in [4.69, 9.17) is 10.5 Å². The Kier molecular flexibility index (Phi) is 5.42. The smallest absolute Gasteiger partial charge is 0.193 e. The Hall–Kier alpha value is -3.80. The molecule has 146 valence electrons. The lowest BCUT2D eigenvalue weighted by atomic mass is 10.3. The van der Waals surface area contributed by atoms with Gasteiger partial charge in [-0.1, -0.05) is 30.3 Å². The van der Waals surface area contributed by atoms with Crippen LogP contribution in [0.2, 0.25) is 0 Å². The number of para-hydroxylation sites is 1. The van der Waals surface area contributed by atoms with Crippen molar-refractivity contribution >= 4 is 17.3 Å². The Morgan fingerprint density at radius 3 is 2.72 bits per heavy atom. The van der Waals surface area contributed by atoms with Gasteiger partial charge in [-0.15, -0.1) is 0 Å². The zero-order valence-corrected chi connectivity index (χ0v) is 16.2. The predicted octanol–water partition coefficient (Wildman–Crippen LogP) is 4.40. The molecule has 0 aliphatic carbocycles. The van der Waals surface area contributed by atoms with Crippen LogP contribution in [-0.4, -0.2) is 21.9 Å². The molecule has 6 nitrogen and oxygen atoms in total. The maximum absolute atomic E-state index is 6.04. The molecule has 4 rings (SSSR count). The maximum atomic E-state index is 6.04. The first-order chi connectivity index (χ1) is 14.2. The van der Waals surface area contributed by atoms with Crippen molar-refractivity contribution in [1.82, 2.24) is 9.38 Å². The molecule has 2 aromatic carbocycles. The van der Waals surface area contributed by atoms with E-state index < -0.39 is 0 Å². The Labute approximate surface area is 169 Å². The summed E-state index contributed by atoms with van der Waals surface area (Å²) in [7, 11) is 0. The molecule has 0 aliphatic rings. The zero-order chi connectivity index (χ0) is 20.1. The van der Waals surface area contributed by atoms with Gasteiger partial charge < -0.3 is 20.2 Å². The van der Waals surface area contributed by atoms with Crippen LogP contribution in [0, 0.1) is 6.92 Å². The third-order valence-electron chi connectivity index (χ3n) is 4.46. The summed E-state index contributed by atoms with van der Waals surface area (Å²) < 4.78 is 7.88. The second-order valence-corrected chi connectivity index (χ2v) is 6.74. The second kappa shape index (κ2) is 8.48. The highest BCUT2D eigenvalue weighted by Gasteiger charge is 2.04. The molecule has 0 aliphatic heterocycles. The van der Waals surface area contributed by atoms with Crippen molar-refractivity contribution in [2.45, 2.75) is 13.3 Å². The summed E-state index contributed by atoms with van der Waals surface area (Å²) in [6.07, 6.45) is 4.76. The fourth-order valence-corrected chi connectivity index (χ4v) is 3.07. The van der Waals surface area contributed by atoms with Crippen LogP contribution in [0.5, 0.6) is 11.5 Å². The highest BCUT2D eigenvalue weighted by molar-refractivity contribution is 5.92. The minimum absolute atomic E-state index is 0.363. The van der Waals surface area contributed by atoms with Crippen LogP contribution < -0.4 is 15.8 Å². The monoisotopic (exact) mass is 385 g/mol. The van der Waals surface area contributed by atoms with Crippen molar-refractivity contribution in [1.29, 1.82) is 0 Å². The Balaban J connectivity index is 1.36. The first-order valence-corrected chi connectivity index (χ1v) is 9.50. The fraction of sp³-hybridized carbons (Fsp3) is 0.130. The van der Waals surface area contributed by atoms with Crippen LogP contribution >= 0.6 is 0 Å². The summed E-state index contributed by atoms with van der Waals surface area (Å²) in [6, 6.07) is 21.3. The van der Waals surface area contributed by atoms with E-state index in [9.17, 15) is 0 Å². The number of nitrogens with one attached hydrogen (secondary N) is 1. The SMILES string of the molecule is Cc1cccn2cc(CCN=C(N)Nc3cccc(Oc4ccccc4)c3)nc12. The van der Waals surface area contributed by atoms with Crippen molar-refractivity contribution in [3.05, 3.63) is 90.4 Å². The number of benzene rings is 2. The third kappa shape index (κ3) is 4.73. The van der Waals surface area contributed by atoms with Gasteiger partial charge in [0.15, 0.2) is 5.96 Å². The van der Waals surface area contributed by atoms with E-state index in [1.54, 1.807) is 0 Å². The first kappa shape index (κ1) is 18.6. The molecule has 0 saturated heterocycles. The largest absolute Gasteiger partial charge is 0.457 e. The van der Waals surface area contributed by atoms with Gasteiger partial charge in [0, 0.05) is 37.1 Å². The molecule has 0 atom stereocenters. The maximum Gasteiger partial charge on any atom is 0.193 e. The third-order valence-corrected chi connectivity index (χ3v) is 4.46. The molecular weight excluding hydrogens is 362 g/mol. The predicted molar refractivity (Wildman–Crippen MR) is 117 cm³/mol. The van der Waals surface area contributed by atoms with E-state index in [0.29, 0.717) is 12.5 Å². The molecular formula is C23H23N5O. The van der Waals surface area contributed by atoms with Crippen LogP contribution in [0.15, 0.2) is 84.1 Å². The van der Waals surface area contributed by atoms with Gasteiger partial charge in [-0.25, -0.2) is 4.98 Å². The Bertz CT molecular complexity index is 1130. The summed E-state index contributed by atoms with van der Waals surface area (Å²) in [5.41, 5.74) is 9.99. The lowest BCUT2D eigenvalue weighted by Crippen LogP contribution is -2.23. The van der Waals surface area contributed by atoms with Crippen LogP contribution in [0.25, 0.3) is 5.65 Å². The quantitative estimate of drug-likeness (QED) is 0.381. The van der Waals surface area contributed by atoms with Crippen molar-refractivity contribution in [2.75, 3.05) is 11.9 Å². The summed E-state index contributed by atoms with van der Waals surface area (Å²) >= 11 is 0. The Morgan fingerprint density at radius 2 is 1.90 bits per heavy atom. The van der Waals surface area contributed by atoms with Crippen molar-refractivity contribution in [2.24, 2.45) is 10.7 Å². The van der Waals surface area contributed by atoms with Crippen molar-refractivity contribution in [3.8, 4) is 11.5 Å². The first-order valence-electron chi connectivity index (χ1n) is 9.50. The molecule has 0 spiro atoms. The van der Waals surface area contributed by atoms with Crippen LogP contribution in [0.4, 0.5) is 5.69 Å². The molecule has 0 bridgehead atoms. The average molecular weight is 385 g/mol. The number of hydrogen-bond donors (Lipinski definition) is 2. The van der Waals surface area contributed by atoms with Gasteiger partial charge in [0.1, 0.15) is 17.1 Å². The molecule has 0 amide bonds. The summed E-state index contributed by atoms with van der Waals surface area (Å²) in [5.74, 6) is 1.88. The van der Waals surface area contributed by atoms with E-state index in [-0.39, 0.29) is 0 Å². The summed E-state index contributed by atoms with van der Waals surface area (Å²) in [5, 5.41) is 3.11. The number of fused-ring (bicyclic) bond motifs is 1. The molecule has 0 fully saturated rings. The van der Waals surface area contributed by atoms with Gasteiger partial charge in [-0.3, -0.25) is 4.99 Å². The topological polar surface area (TPSA) is 76.9 Å². The standard InChI is InChI=1S/C23H23N5O/c1-17-7-6-14-28-16-19(26-22(17)28)12-13-25-23(24)27-18-8-5-11-21(15-18)29-20-9-3-2-4-10-20/h2-11,14-16H,12-13H2,1H3,(H3,24,25,27). The second-order valence-electron chi connectivity index (χ2n) is 6.74. The van der Waals surface area contributed by atoms with E-state index in [1.807, 2.05) is 77.5 Å². The fourth-order valence-electron chi connectivity index (χ4n) is 3.07. The van der Waals surface area contributed by atoms with Crippen LogP contribution in [0.3, 0.4) is 0 Å². The van der Waals surface area contributed by atoms with Crippen molar-refractivity contribution in [3.63, 3.8) is 0 Å². The molecule has 6 heteroatoms. The number of anilines is 1. The summed E-state index contributed by atoms with van der Waals surface area (Å²) in [6.45, 7) is 2.61. The highest BCUT2D eigenvalue weighted by Crippen LogP contribution is 2.23. The number of pyridine rings is 1. The van der Waals surface area contributed by atoms with Gasteiger partial charge in [0.25, 0.3) is 0 Å². The Morgan fingerprint density at radius 1 is 1.07 bits per heavy atom. The normalized spacial score (nSPS) is 11.6. The molecule has 0 radical (unpaired) electrons. The van der Waals surface area contributed by atoms with Crippen LogP contribution in [-0.2, 0) is 6.42 Å². The minimum Gasteiger partial charge on any atom is -0.457 e. The highest BCUT2D eigenvalue weighted by atomic mass is 16.5. The molecule has 2 heterocycles. The van der Waals surface area contributed by atoms with E-state index in [1.165, 1.54) is 0 Å². The van der Waals surface area contributed by atoms with E-state index in [0.717, 1.165) is 40.5 Å². The molecule has 3 N–H and O–H groups in total. The number of ether oxygens (including phenoxy) is 1. The van der Waals surface area contributed by atoms with Gasteiger partial charge >= 0.3 is 0 Å². The van der Waals surface area contributed by atoms with E-state index in [2.05, 4.69) is 28.3 Å². The number of aliphatic imine (C=N–C) groups is 1. The number of hydrogen-bond acceptors (Lipinski definition) is 3. The number of nitrogens with two attached hydrogens (primary N) is 1. The number of imidazole rings is 1. The number of guanidine groups is 1. The van der Waals surface area contributed by atoms with Gasteiger partial charge in [-0.05, 0) is 42.8 Å². The lowest BCUT2D eigenvalue weighted by molar-refractivity contribution is 0.483. The average Bonchev–Trinajstić information content (AvgIpc) is 3.13. The minimum atomic E-state index is 0.363. The van der Waals surface area contributed by atoms with E-state index >= 15 is 0 Å². The number of aromatic nitrogens is 2. The molecule has 2 aromatic heterocycles. The molecule has 29 heavy (non-hydrogen) atoms. The lowest BCUT2D eigenvalue weighted by Gasteiger charge is -2.09. The number of nitrogens with zero attached hydrogens (tertiary/aromatic N) is 3. The van der Waals surface area contributed by atoms with Gasteiger partial charge in [-0.2, -0.15) is 0 Å². The summed E-state index contributed by atoms with van der Waals surface area (Å²) in [4.78, 5) is 9.07. The van der Waals surface area contributed by atoms with Gasteiger partial charge in [0.2, 0.25) is 0 Å². The van der Waals surface area contributed by atoms with Crippen LogP contribution in [0.1, 0.15) is 11.3 Å².